The summed E-state index contributed by atoms with van der Waals surface area (Å²) in [4.78, 5) is 29.3. The largest absolute Gasteiger partial charge is 0.444 e. The first-order valence-corrected chi connectivity index (χ1v) is 9.67. The number of carbonyl (C=O) groups excluding carboxylic acids is 2. The van der Waals surface area contributed by atoms with Gasteiger partial charge in [0.25, 0.3) is 5.91 Å². The number of ether oxygens (including phenoxy) is 1. The van der Waals surface area contributed by atoms with Crippen LogP contribution in [0.25, 0.3) is 0 Å². The van der Waals surface area contributed by atoms with Crippen molar-refractivity contribution in [2.45, 2.75) is 45.8 Å². The molecular weight excluding hydrogens is 356 g/mol. The molecule has 0 saturated carbocycles. The van der Waals surface area contributed by atoms with E-state index in [-0.39, 0.29) is 12.0 Å². The van der Waals surface area contributed by atoms with E-state index in [9.17, 15) is 9.59 Å². The molecule has 0 N–H and O–H groups in total. The van der Waals surface area contributed by atoms with E-state index in [1.54, 1.807) is 14.5 Å². The van der Waals surface area contributed by atoms with E-state index in [0.29, 0.717) is 31.7 Å². The number of rotatable bonds is 1. The van der Waals surface area contributed by atoms with E-state index in [0.717, 1.165) is 23.4 Å². The number of amides is 2. The first-order chi connectivity index (χ1) is 13.2. The van der Waals surface area contributed by atoms with Crippen molar-refractivity contribution >= 4 is 17.7 Å². The lowest BCUT2D eigenvalue weighted by Gasteiger charge is -2.30. The van der Waals surface area contributed by atoms with E-state index in [1.807, 2.05) is 46.0 Å². The van der Waals surface area contributed by atoms with Gasteiger partial charge in [-0.15, -0.1) is 0 Å². The Bertz CT molecular complexity index is 942. The third-order valence-electron chi connectivity index (χ3n) is 5.23. The summed E-state index contributed by atoms with van der Waals surface area (Å²) in [6.45, 7) is 7.11. The van der Waals surface area contributed by atoms with E-state index in [4.69, 9.17) is 4.74 Å². The normalized spacial score (nSPS) is 16.0. The molecule has 148 valence electrons. The topological polar surface area (TPSA) is 67.7 Å². The summed E-state index contributed by atoms with van der Waals surface area (Å²) in [6, 6.07) is 7.97. The molecule has 0 aliphatic carbocycles. The van der Waals surface area contributed by atoms with Crippen molar-refractivity contribution in [1.82, 2.24) is 14.7 Å². The van der Waals surface area contributed by atoms with Crippen LogP contribution < -0.4 is 4.90 Å². The number of aromatic nitrogens is 2. The van der Waals surface area contributed by atoms with Crippen LogP contribution in [0.5, 0.6) is 0 Å². The zero-order chi connectivity index (χ0) is 20.1. The lowest BCUT2D eigenvalue weighted by Crippen LogP contribution is -2.40. The third-order valence-corrected chi connectivity index (χ3v) is 5.23. The predicted molar refractivity (Wildman–Crippen MR) is 105 cm³/mol. The Hall–Kier alpha value is -2.83. The summed E-state index contributed by atoms with van der Waals surface area (Å²) >= 11 is 0. The molecule has 2 aliphatic rings. The molecular formula is C21H26N4O3. The SMILES string of the molecule is Cn1nc(C(=O)N2CCc3ccccc32)c2c1CCN(C(=O)OC(C)(C)C)C2. The summed E-state index contributed by atoms with van der Waals surface area (Å²) in [7, 11) is 1.86. The fourth-order valence-electron chi connectivity index (χ4n) is 3.92. The molecule has 0 fully saturated rings. The van der Waals surface area contributed by atoms with Crippen molar-refractivity contribution in [2.75, 3.05) is 18.0 Å². The monoisotopic (exact) mass is 382 g/mol. The molecule has 7 heteroatoms. The molecule has 0 radical (unpaired) electrons. The van der Waals surface area contributed by atoms with Crippen LogP contribution in [0.15, 0.2) is 24.3 Å². The van der Waals surface area contributed by atoms with Gasteiger partial charge in [0.15, 0.2) is 5.69 Å². The molecule has 2 aromatic rings. The molecule has 2 amide bonds. The van der Waals surface area contributed by atoms with Gasteiger partial charge in [-0.3, -0.25) is 9.48 Å². The quantitative estimate of drug-likeness (QED) is 0.761. The number of hydrogen-bond acceptors (Lipinski definition) is 4. The zero-order valence-electron chi connectivity index (χ0n) is 16.9. The van der Waals surface area contributed by atoms with Gasteiger partial charge in [-0.2, -0.15) is 5.10 Å². The summed E-state index contributed by atoms with van der Waals surface area (Å²) in [5, 5.41) is 4.52. The first-order valence-electron chi connectivity index (χ1n) is 9.67. The number of benzene rings is 1. The van der Waals surface area contributed by atoms with Crippen molar-refractivity contribution in [3.63, 3.8) is 0 Å². The Balaban J connectivity index is 1.61. The van der Waals surface area contributed by atoms with Gasteiger partial charge < -0.3 is 14.5 Å². The molecule has 1 aromatic heterocycles. The average Bonchev–Trinajstić information content (AvgIpc) is 3.21. The van der Waals surface area contributed by atoms with Crippen LogP contribution in [0.1, 0.15) is 48.1 Å². The maximum absolute atomic E-state index is 13.3. The molecule has 0 unspecified atom stereocenters. The molecule has 0 spiro atoms. The van der Waals surface area contributed by atoms with E-state index in [2.05, 4.69) is 11.2 Å². The fourth-order valence-corrected chi connectivity index (χ4v) is 3.92. The Morgan fingerprint density at radius 2 is 1.86 bits per heavy atom. The number of fused-ring (bicyclic) bond motifs is 2. The number of hydrogen-bond donors (Lipinski definition) is 0. The van der Waals surface area contributed by atoms with Crippen LogP contribution in [-0.2, 0) is 31.2 Å². The fraction of sp³-hybridized carbons (Fsp3) is 0.476. The van der Waals surface area contributed by atoms with E-state index in [1.165, 1.54) is 5.56 Å². The van der Waals surface area contributed by atoms with Crippen LogP contribution in [0.3, 0.4) is 0 Å². The lowest BCUT2D eigenvalue weighted by molar-refractivity contribution is 0.0221. The smallest absolute Gasteiger partial charge is 0.410 e. The number of carbonyl (C=O) groups is 2. The van der Waals surface area contributed by atoms with Gasteiger partial charge >= 0.3 is 6.09 Å². The highest BCUT2D eigenvalue weighted by atomic mass is 16.6. The minimum atomic E-state index is -0.551. The van der Waals surface area contributed by atoms with E-state index < -0.39 is 5.60 Å². The first kappa shape index (κ1) is 18.5. The molecule has 3 heterocycles. The highest BCUT2D eigenvalue weighted by molar-refractivity contribution is 6.07. The number of para-hydroxylation sites is 1. The van der Waals surface area contributed by atoms with Crippen molar-refractivity contribution in [1.29, 1.82) is 0 Å². The molecule has 7 nitrogen and oxygen atoms in total. The Kier molecular flexibility index (Phi) is 4.40. The van der Waals surface area contributed by atoms with Gasteiger partial charge in [-0.1, -0.05) is 18.2 Å². The number of aryl methyl sites for hydroxylation is 1. The van der Waals surface area contributed by atoms with Crippen LogP contribution in [0, 0.1) is 0 Å². The molecule has 4 rings (SSSR count). The Labute approximate surface area is 164 Å². The molecule has 0 atom stereocenters. The predicted octanol–water partition coefficient (Wildman–Crippen LogP) is 2.92. The van der Waals surface area contributed by atoms with Crippen molar-refractivity contribution in [2.24, 2.45) is 7.05 Å². The molecule has 28 heavy (non-hydrogen) atoms. The maximum atomic E-state index is 13.3. The summed E-state index contributed by atoms with van der Waals surface area (Å²) in [5.41, 5.74) is 3.85. The second kappa shape index (κ2) is 6.65. The number of nitrogens with zero attached hydrogens (tertiary/aromatic N) is 4. The maximum Gasteiger partial charge on any atom is 0.410 e. The van der Waals surface area contributed by atoms with Crippen molar-refractivity contribution in [3.8, 4) is 0 Å². The second-order valence-electron chi connectivity index (χ2n) is 8.38. The zero-order valence-corrected chi connectivity index (χ0v) is 16.9. The van der Waals surface area contributed by atoms with Crippen LogP contribution >= 0.6 is 0 Å². The van der Waals surface area contributed by atoms with Crippen LogP contribution in [0.4, 0.5) is 10.5 Å². The highest BCUT2D eigenvalue weighted by Gasteiger charge is 2.34. The van der Waals surface area contributed by atoms with Crippen molar-refractivity contribution < 1.29 is 14.3 Å². The van der Waals surface area contributed by atoms with E-state index >= 15 is 0 Å². The van der Waals surface area contributed by atoms with Crippen LogP contribution in [0.2, 0.25) is 0 Å². The summed E-state index contributed by atoms with van der Waals surface area (Å²) in [5.74, 6) is -0.104. The van der Waals surface area contributed by atoms with Gasteiger partial charge in [0, 0.05) is 43.5 Å². The summed E-state index contributed by atoms with van der Waals surface area (Å²) in [6.07, 6.45) is 1.15. The van der Waals surface area contributed by atoms with Gasteiger partial charge in [0.05, 0.1) is 6.54 Å². The van der Waals surface area contributed by atoms with Crippen LogP contribution in [-0.4, -0.2) is 45.4 Å². The van der Waals surface area contributed by atoms with Gasteiger partial charge in [0.2, 0.25) is 0 Å². The second-order valence-corrected chi connectivity index (χ2v) is 8.38. The minimum absolute atomic E-state index is 0.104. The third kappa shape index (κ3) is 3.25. The number of anilines is 1. The van der Waals surface area contributed by atoms with Crippen molar-refractivity contribution in [3.05, 3.63) is 46.8 Å². The molecule has 1 aromatic carbocycles. The standard InChI is InChI=1S/C21H26N4O3/c1-21(2,3)28-20(27)24-11-10-17-15(13-24)18(22-23(17)4)19(26)25-12-9-14-7-5-6-8-16(14)25/h5-8H,9-13H2,1-4H3. The Morgan fingerprint density at radius 1 is 1.11 bits per heavy atom. The highest BCUT2D eigenvalue weighted by Crippen LogP contribution is 2.31. The lowest BCUT2D eigenvalue weighted by atomic mass is 10.0. The average molecular weight is 382 g/mol. The molecule has 0 bridgehead atoms. The van der Waals surface area contributed by atoms with Gasteiger partial charge in [-0.05, 0) is 38.8 Å². The molecule has 2 aliphatic heterocycles. The Morgan fingerprint density at radius 3 is 2.61 bits per heavy atom. The minimum Gasteiger partial charge on any atom is -0.444 e. The van der Waals surface area contributed by atoms with Gasteiger partial charge in [-0.25, -0.2) is 4.79 Å². The summed E-state index contributed by atoms with van der Waals surface area (Å²) < 4.78 is 7.28. The van der Waals surface area contributed by atoms with Gasteiger partial charge in [0.1, 0.15) is 5.60 Å². The molecule has 0 saturated heterocycles.